The number of carbonyl (C=O) groups is 2. The number of amides is 2. The predicted molar refractivity (Wildman–Crippen MR) is 106 cm³/mol. The number of para-hydroxylation sites is 1. The highest BCUT2D eigenvalue weighted by atomic mass is 32.2. The predicted octanol–water partition coefficient (Wildman–Crippen LogP) is 2.57. The number of thioether (sulfide) groups is 1. The molecule has 27 heavy (non-hydrogen) atoms. The minimum absolute atomic E-state index is 0.0959. The molecule has 0 aliphatic carbocycles. The molecule has 8 nitrogen and oxygen atoms in total. The number of thiazole rings is 1. The first kappa shape index (κ1) is 19.1. The molecule has 140 valence electrons. The van der Waals surface area contributed by atoms with Crippen LogP contribution in [-0.2, 0) is 23.1 Å². The molecule has 0 saturated heterocycles. The van der Waals surface area contributed by atoms with Crippen LogP contribution >= 0.6 is 23.1 Å². The van der Waals surface area contributed by atoms with Gasteiger partial charge in [0.1, 0.15) is 5.82 Å². The largest absolute Gasteiger partial charge is 0.326 e. The van der Waals surface area contributed by atoms with Crippen molar-refractivity contribution in [2.45, 2.75) is 23.8 Å². The van der Waals surface area contributed by atoms with Gasteiger partial charge in [0.05, 0.1) is 11.7 Å². The van der Waals surface area contributed by atoms with Crippen LogP contribution in [0, 0.1) is 0 Å². The van der Waals surface area contributed by atoms with E-state index in [-0.39, 0.29) is 23.5 Å². The maximum absolute atomic E-state index is 12.2. The van der Waals surface area contributed by atoms with E-state index in [1.54, 1.807) is 30.1 Å². The summed E-state index contributed by atoms with van der Waals surface area (Å²) in [5, 5.41) is 16.3. The average molecular weight is 403 g/mol. The van der Waals surface area contributed by atoms with Crippen molar-refractivity contribution in [2.75, 3.05) is 10.6 Å². The first-order valence-electron chi connectivity index (χ1n) is 8.13. The van der Waals surface area contributed by atoms with Gasteiger partial charge in [0.25, 0.3) is 0 Å². The highest BCUT2D eigenvalue weighted by molar-refractivity contribution is 8.00. The average Bonchev–Trinajstić information content (AvgIpc) is 3.27. The lowest BCUT2D eigenvalue weighted by atomic mass is 10.3. The van der Waals surface area contributed by atoms with Crippen molar-refractivity contribution in [3.05, 3.63) is 47.7 Å². The molecule has 0 bridgehead atoms. The molecule has 0 fully saturated rings. The number of hydrogen-bond donors (Lipinski definition) is 2. The summed E-state index contributed by atoms with van der Waals surface area (Å²) in [7, 11) is 1.78. The Balaban J connectivity index is 1.57. The van der Waals surface area contributed by atoms with Gasteiger partial charge in [0.15, 0.2) is 10.3 Å². The molecule has 0 unspecified atom stereocenters. The molecule has 0 aliphatic rings. The summed E-state index contributed by atoms with van der Waals surface area (Å²) in [4.78, 5) is 28.4. The molecule has 3 rings (SSSR count). The van der Waals surface area contributed by atoms with Crippen LogP contribution in [0.3, 0.4) is 0 Å². The summed E-state index contributed by atoms with van der Waals surface area (Å²) in [6, 6.07) is 9.22. The molecule has 3 aromatic rings. The Hall–Kier alpha value is -2.72. The van der Waals surface area contributed by atoms with Gasteiger partial charge in [-0.05, 0) is 19.1 Å². The van der Waals surface area contributed by atoms with Gasteiger partial charge in [-0.2, -0.15) is 0 Å². The molecule has 2 N–H and O–H groups in total. The zero-order valence-electron chi connectivity index (χ0n) is 14.7. The van der Waals surface area contributed by atoms with Gasteiger partial charge in [-0.3, -0.25) is 9.59 Å². The lowest BCUT2D eigenvalue weighted by molar-refractivity contribution is -0.116. The molecule has 10 heteroatoms. The lowest BCUT2D eigenvalue weighted by Crippen LogP contribution is -2.22. The van der Waals surface area contributed by atoms with E-state index in [0.717, 1.165) is 5.69 Å². The molecule has 1 aromatic carbocycles. The van der Waals surface area contributed by atoms with Gasteiger partial charge >= 0.3 is 0 Å². The zero-order valence-corrected chi connectivity index (χ0v) is 16.4. The molecule has 2 amide bonds. The maximum atomic E-state index is 12.2. The fourth-order valence-electron chi connectivity index (χ4n) is 2.18. The Labute approximate surface area is 164 Å². The van der Waals surface area contributed by atoms with Crippen LogP contribution < -0.4 is 10.6 Å². The second kappa shape index (κ2) is 8.78. The van der Waals surface area contributed by atoms with Crippen LogP contribution in [0.15, 0.2) is 47.1 Å². The number of aromatic nitrogens is 4. The number of hydrogen-bond acceptors (Lipinski definition) is 7. The fraction of sp³-hybridized carbons (Fsp3) is 0.235. The number of rotatable bonds is 7. The van der Waals surface area contributed by atoms with Gasteiger partial charge in [-0.1, -0.05) is 30.0 Å². The van der Waals surface area contributed by atoms with E-state index in [2.05, 4.69) is 25.8 Å². The van der Waals surface area contributed by atoms with Crippen molar-refractivity contribution in [1.29, 1.82) is 0 Å². The van der Waals surface area contributed by atoms with E-state index >= 15 is 0 Å². The van der Waals surface area contributed by atoms with Crippen molar-refractivity contribution in [3.63, 3.8) is 0 Å². The van der Waals surface area contributed by atoms with E-state index < -0.39 is 0 Å². The monoisotopic (exact) mass is 402 g/mol. The summed E-state index contributed by atoms with van der Waals surface area (Å²) in [6.07, 6.45) is 1.73. The Morgan fingerprint density at radius 3 is 2.70 bits per heavy atom. The molecule has 1 atom stereocenters. The summed E-state index contributed by atoms with van der Waals surface area (Å²) in [5.74, 6) is 0.183. The lowest BCUT2D eigenvalue weighted by Gasteiger charge is -2.10. The van der Waals surface area contributed by atoms with Gasteiger partial charge in [0.2, 0.25) is 11.8 Å². The van der Waals surface area contributed by atoms with Crippen LogP contribution in [0.4, 0.5) is 10.8 Å². The Morgan fingerprint density at radius 1 is 1.22 bits per heavy atom. The van der Waals surface area contributed by atoms with Crippen molar-refractivity contribution in [2.24, 2.45) is 7.05 Å². The maximum Gasteiger partial charge on any atom is 0.239 e. The highest BCUT2D eigenvalue weighted by Gasteiger charge is 2.20. The van der Waals surface area contributed by atoms with Crippen LogP contribution in [0.5, 0.6) is 0 Å². The van der Waals surface area contributed by atoms with Crippen molar-refractivity contribution in [1.82, 2.24) is 19.7 Å². The minimum atomic E-state index is -0.386. The van der Waals surface area contributed by atoms with E-state index in [9.17, 15) is 9.59 Å². The number of nitrogens with zero attached hydrogens (tertiary/aromatic N) is 4. The van der Waals surface area contributed by atoms with Crippen molar-refractivity contribution >= 4 is 45.7 Å². The van der Waals surface area contributed by atoms with E-state index in [0.29, 0.717) is 16.1 Å². The number of anilines is 2. The van der Waals surface area contributed by atoms with Gasteiger partial charge in [-0.15, -0.1) is 21.5 Å². The van der Waals surface area contributed by atoms with Gasteiger partial charge in [0, 0.05) is 24.3 Å². The summed E-state index contributed by atoms with van der Waals surface area (Å²) in [5.41, 5.74) is 0.728. The standard InChI is InChI=1S/C17H18N6O2S2/c1-11(15(25)20-16-18-8-9-26-16)27-17-22-21-13(23(17)2)10-14(24)19-12-6-4-3-5-7-12/h3-9,11H,10H2,1-2H3,(H,19,24)(H,18,20,25)/t11-/m0/s1. The minimum Gasteiger partial charge on any atom is -0.326 e. The molecule has 2 aromatic heterocycles. The van der Waals surface area contributed by atoms with E-state index in [4.69, 9.17) is 0 Å². The van der Waals surface area contributed by atoms with Crippen molar-refractivity contribution in [3.8, 4) is 0 Å². The van der Waals surface area contributed by atoms with Crippen molar-refractivity contribution < 1.29 is 9.59 Å². The van der Waals surface area contributed by atoms with Crippen LogP contribution in [0.1, 0.15) is 12.7 Å². The SMILES string of the molecule is C[C@H](Sc1nnc(CC(=O)Nc2ccccc2)n1C)C(=O)Nc1nccs1. The molecule has 0 saturated carbocycles. The highest BCUT2D eigenvalue weighted by Crippen LogP contribution is 2.23. The van der Waals surface area contributed by atoms with Gasteiger partial charge in [-0.25, -0.2) is 4.98 Å². The Kier molecular flexibility index (Phi) is 6.20. The second-order valence-electron chi connectivity index (χ2n) is 5.64. The van der Waals surface area contributed by atoms with E-state index in [1.165, 1.54) is 23.1 Å². The smallest absolute Gasteiger partial charge is 0.239 e. The molecule has 0 aliphatic heterocycles. The van der Waals surface area contributed by atoms with Crippen LogP contribution in [0.25, 0.3) is 0 Å². The topological polar surface area (TPSA) is 102 Å². The third kappa shape index (κ3) is 5.14. The molecule has 2 heterocycles. The first-order valence-corrected chi connectivity index (χ1v) is 9.89. The zero-order chi connectivity index (χ0) is 19.2. The van der Waals surface area contributed by atoms with Gasteiger partial charge < -0.3 is 15.2 Å². The molecule has 0 spiro atoms. The normalized spacial score (nSPS) is 11.8. The number of nitrogens with one attached hydrogen (secondary N) is 2. The fourth-order valence-corrected chi connectivity index (χ4v) is 3.54. The quantitative estimate of drug-likeness (QED) is 0.589. The summed E-state index contributed by atoms with van der Waals surface area (Å²) in [6.45, 7) is 1.78. The first-order chi connectivity index (χ1) is 13.0. The third-order valence-electron chi connectivity index (χ3n) is 3.62. The van der Waals surface area contributed by atoms with Crippen LogP contribution in [-0.4, -0.2) is 36.8 Å². The third-order valence-corrected chi connectivity index (χ3v) is 5.44. The Bertz CT molecular complexity index is 911. The summed E-state index contributed by atoms with van der Waals surface area (Å²) >= 11 is 2.63. The summed E-state index contributed by atoms with van der Waals surface area (Å²) < 4.78 is 1.72. The van der Waals surface area contributed by atoms with Crippen LogP contribution in [0.2, 0.25) is 0 Å². The number of carbonyl (C=O) groups excluding carboxylic acids is 2. The van der Waals surface area contributed by atoms with E-state index in [1.807, 2.05) is 30.3 Å². The second-order valence-corrected chi connectivity index (χ2v) is 7.84. The molecular weight excluding hydrogens is 384 g/mol. The molecule has 0 radical (unpaired) electrons. The molecular formula is C17H18N6O2S2. The number of benzene rings is 1. The Morgan fingerprint density at radius 2 is 2.00 bits per heavy atom.